The standard InChI is InChI=1S/C14H20BrNO2/c1-10-9-13(11(2)18-10)14(17)16-8-4-3-5-12(16)6-7-15/h9,12H,3-8H2,1-2H3. The van der Waals surface area contributed by atoms with Gasteiger partial charge in [0.25, 0.3) is 5.91 Å². The Kier molecular flexibility index (Phi) is 4.49. The number of nitrogens with zero attached hydrogens (tertiary/aromatic N) is 1. The largest absolute Gasteiger partial charge is 0.466 e. The van der Waals surface area contributed by atoms with E-state index in [4.69, 9.17) is 4.42 Å². The van der Waals surface area contributed by atoms with Crippen molar-refractivity contribution in [1.82, 2.24) is 4.90 Å². The van der Waals surface area contributed by atoms with Crippen LogP contribution in [0.4, 0.5) is 0 Å². The number of carbonyl (C=O) groups excluding carboxylic acids is 1. The molecular weight excluding hydrogens is 294 g/mol. The third-order valence-corrected chi connectivity index (χ3v) is 4.06. The van der Waals surface area contributed by atoms with Crippen molar-refractivity contribution in [3.8, 4) is 0 Å². The highest BCUT2D eigenvalue weighted by atomic mass is 79.9. The number of amides is 1. The van der Waals surface area contributed by atoms with Gasteiger partial charge in [-0.1, -0.05) is 15.9 Å². The molecule has 3 nitrogen and oxygen atoms in total. The zero-order valence-corrected chi connectivity index (χ0v) is 12.6. The van der Waals surface area contributed by atoms with Gasteiger partial charge in [-0.15, -0.1) is 0 Å². The van der Waals surface area contributed by atoms with Crippen LogP contribution in [0.5, 0.6) is 0 Å². The van der Waals surface area contributed by atoms with Crippen LogP contribution in [-0.4, -0.2) is 28.7 Å². The Labute approximate surface area is 117 Å². The summed E-state index contributed by atoms with van der Waals surface area (Å²) in [5.74, 6) is 1.68. The molecule has 1 saturated heterocycles. The highest BCUT2D eigenvalue weighted by Gasteiger charge is 2.28. The molecule has 1 aromatic heterocycles. The molecule has 1 aliphatic heterocycles. The van der Waals surface area contributed by atoms with E-state index in [1.807, 2.05) is 24.8 Å². The number of hydrogen-bond acceptors (Lipinski definition) is 2. The molecule has 0 aromatic carbocycles. The Morgan fingerprint density at radius 1 is 1.50 bits per heavy atom. The van der Waals surface area contributed by atoms with Crippen molar-refractivity contribution in [2.75, 3.05) is 11.9 Å². The number of halogens is 1. The van der Waals surface area contributed by atoms with E-state index in [1.54, 1.807) is 0 Å². The Morgan fingerprint density at radius 2 is 2.28 bits per heavy atom. The lowest BCUT2D eigenvalue weighted by Gasteiger charge is -2.35. The third-order valence-electron chi connectivity index (χ3n) is 3.60. The van der Waals surface area contributed by atoms with Crippen molar-refractivity contribution in [3.05, 3.63) is 23.2 Å². The summed E-state index contributed by atoms with van der Waals surface area (Å²) in [5, 5.41) is 0.949. The van der Waals surface area contributed by atoms with Crippen LogP contribution >= 0.6 is 15.9 Å². The summed E-state index contributed by atoms with van der Waals surface area (Å²) in [4.78, 5) is 14.6. The van der Waals surface area contributed by atoms with Crippen molar-refractivity contribution in [3.63, 3.8) is 0 Å². The molecule has 1 unspecified atom stereocenters. The summed E-state index contributed by atoms with van der Waals surface area (Å²) in [7, 11) is 0. The van der Waals surface area contributed by atoms with E-state index in [2.05, 4.69) is 15.9 Å². The van der Waals surface area contributed by atoms with E-state index >= 15 is 0 Å². The molecule has 0 N–H and O–H groups in total. The van der Waals surface area contributed by atoms with Gasteiger partial charge in [0.05, 0.1) is 5.56 Å². The molecule has 100 valence electrons. The van der Waals surface area contributed by atoms with Crippen molar-refractivity contribution >= 4 is 21.8 Å². The lowest BCUT2D eigenvalue weighted by atomic mass is 9.99. The molecule has 1 amide bonds. The van der Waals surface area contributed by atoms with Gasteiger partial charge < -0.3 is 9.32 Å². The monoisotopic (exact) mass is 313 g/mol. The predicted octanol–water partition coefficient (Wildman–Crippen LogP) is 3.68. The molecule has 0 spiro atoms. The van der Waals surface area contributed by atoms with Gasteiger partial charge in [0.1, 0.15) is 11.5 Å². The molecule has 2 rings (SSSR count). The highest BCUT2D eigenvalue weighted by Crippen LogP contribution is 2.24. The minimum absolute atomic E-state index is 0.134. The molecule has 1 atom stereocenters. The normalized spacial score (nSPS) is 20.2. The van der Waals surface area contributed by atoms with Gasteiger partial charge >= 0.3 is 0 Å². The van der Waals surface area contributed by atoms with Crippen LogP contribution in [0.2, 0.25) is 0 Å². The van der Waals surface area contributed by atoms with Gasteiger partial charge in [-0.2, -0.15) is 0 Å². The number of alkyl halides is 1. The molecular formula is C14H20BrNO2. The summed E-state index contributed by atoms with van der Waals surface area (Å²) < 4.78 is 5.46. The number of aryl methyl sites for hydroxylation is 2. The first-order valence-electron chi connectivity index (χ1n) is 6.57. The number of hydrogen-bond donors (Lipinski definition) is 0. The minimum atomic E-state index is 0.134. The first-order valence-corrected chi connectivity index (χ1v) is 7.69. The van der Waals surface area contributed by atoms with Gasteiger partial charge in [-0.3, -0.25) is 4.79 Å². The average molecular weight is 314 g/mol. The third kappa shape index (κ3) is 2.79. The fraction of sp³-hybridized carbons (Fsp3) is 0.643. The summed E-state index contributed by atoms with van der Waals surface area (Å²) in [6, 6.07) is 2.23. The molecule has 0 aliphatic carbocycles. The number of rotatable bonds is 3. The first kappa shape index (κ1) is 13.7. The van der Waals surface area contributed by atoms with E-state index in [0.29, 0.717) is 6.04 Å². The summed E-state index contributed by atoms with van der Waals surface area (Å²) in [6.07, 6.45) is 4.49. The summed E-state index contributed by atoms with van der Waals surface area (Å²) in [5.41, 5.74) is 0.731. The van der Waals surface area contributed by atoms with Gasteiger partial charge in [0, 0.05) is 17.9 Å². The Morgan fingerprint density at radius 3 is 2.89 bits per heavy atom. The second kappa shape index (κ2) is 5.91. The molecule has 18 heavy (non-hydrogen) atoms. The summed E-state index contributed by atoms with van der Waals surface area (Å²) >= 11 is 3.48. The maximum absolute atomic E-state index is 12.6. The zero-order chi connectivity index (χ0) is 13.1. The number of carbonyl (C=O) groups is 1. The maximum Gasteiger partial charge on any atom is 0.257 e. The molecule has 0 radical (unpaired) electrons. The van der Waals surface area contributed by atoms with Gasteiger partial charge in [-0.25, -0.2) is 0 Å². The quantitative estimate of drug-likeness (QED) is 0.798. The van der Waals surface area contributed by atoms with Crippen LogP contribution < -0.4 is 0 Å². The summed E-state index contributed by atoms with van der Waals surface area (Å²) in [6.45, 7) is 4.62. The van der Waals surface area contributed by atoms with E-state index in [9.17, 15) is 4.79 Å². The second-order valence-electron chi connectivity index (χ2n) is 4.95. The Balaban J connectivity index is 2.18. The van der Waals surface area contributed by atoms with Crippen molar-refractivity contribution in [2.24, 2.45) is 0 Å². The first-order chi connectivity index (χ1) is 8.63. The fourth-order valence-electron chi connectivity index (χ4n) is 2.69. The molecule has 2 heterocycles. The van der Waals surface area contributed by atoms with E-state index in [1.165, 1.54) is 6.42 Å². The van der Waals surface area contributed by atoms with E-state index < -0.39 is 0 Å². The SMILES string of the molecule is Cc1cc(C(=O)N2CCCCC2CCBr)c(C)o1. The van der Waals surface area contributed by atoms with Crippen LogP contribution in [0.1, 0.15) is 47.6 Å². The molecule has 0 saturated carbocycles. The van der Waals surface area contributed by atoms with Crippen LogP contribution in [0.3, 0.4) is 0 Å². The lowest BCUT2D eigenvalue weighted by Crippen LogP contribution is -2.44. The molecule has 0 bridgehead atoms. The van der Waals surface area contributed by atoms with Gasteiger partial charge in [-0.05, 0) is 45.6 Å². The fourth-order valence-corrected chi connectivity index (χ4v) is 3.22. The number of furan rings is 1. The molecule has 1 fully saturated rings. The van der Waals surface area contributed by atoms with E-state index in [0.717, 1.165) is 48.2 Å². The Bertz CT molecular complexity index is 425. The molecule has 1 aliphatic rings. The van der Waals surface area contributed by atoms with Crippen LogP contribution in [0, 0.1) is 13.8 Å². The number of piperidine rings is 1. The lowest BCUT2D eigenvalue weighted by molar-refractivity contribution is 0.0608. The van der Waals surface area contributed by atoms with E-state index in [-0.39, 0.29) is 5.91 Å². The average Bonchev–Trinajstić information content (AvgIpc) is 2.69. The van der Waals surface area contributed by atoms with Gasteiger partial charge in [0.15, 0.2) is 0 Å². The van der Waals surface area contributed by atoms with Crippen LogP contribution in [0.15, 0.2) is 10.5 Å². The van der Waals surface area contributed by atoms with Crippen molar-refractivity contribution < 1.29 is 9.21 Å². The van der Waals surface area contributed by atoms with Crippen molar-refractivity contribution in [1.29, 1.82) is 0 Å². The smallest absolute Gasteiger partial charge is 0.257 e. The highest BCUT2D eigenvalue weighted by molar-refractivity contribution is 9.09. The topological polar surface area (TPSA) is 33.5 Å². The minimum Gasteiger partial charge on any atom is -0.466 e. The van der Waals surface area contributed by atoms with Crippen molar-refractivity contribution in [2.45, 2.75) is 45.6 Å². The zero-order valence-electron chi connectivity index (χ0n) is 11.0. The van der Waals surface area contributed by atoms with Crippen LogP contribution in [0.25, 0.3) is 0 Å². The molecule has 4 heteroatoms. The Hall–Kier alpha value is -0.770. The van der Waals surface area contributed by atoms with Crippen LogP contribution in [-0.2, 0) is 0 Å². The maximum atomic E-state index is 12.6. The number of likely N-dealkylation sites (tertiary alicyclic amines) is 1. The second-order valence-corrected chi connectivity index (χ2v) is 5.75. The predicted molar refractivity (Wildman–Crippen MR) is 75.3 cm³/mol. The van der Waals surface area contributed by atoms with Gasteiger partial charge in [0.2, 0.25) is 0 Å². The molecule has 1 aromatic rings.